The molecule has 152 valence electrons. The summed E-state index contributed by atoms with van der Waals surface area (Å²) >= 11 is 0. The number of carbonyl (C=O) groups is 1. The predicted molar refractivity (Wildman–Crippen MR) is 110 cm³/mol. The monoisotopic (exact) mass is 403 g/mol. The van der Waals surface area contributed by atoms with Crippen LogP contribution in [0.1, 0.15) is 29.9 Å². The van der Waals surface area contributed by atoms with E-state index in [0.29, 0.717) is 18.2 Å². The van der Waals surface area contributed by atoms with Crippen LogP contribution < -0.4 is 10.1 Å². The van der Waals surface area contributed by atoms with Gasteiger partial charge >= 0.3 is 0 Å². The first-order valence-corrected chi connectivity index (χ1v) is 9.90. The summed E-state index contributed by atoms with van der Waals surface area (Å²) in [5.41, 5.74) is 4.33. The van der Waals surface area contributed by atoms with Crippen molar-refractivity contribution < 1.29 is 14.1 Å². The Hall–Kier alpha value is -3.68. The van der Waals surface area contributed by atoms with Crippen LogP contribution in [-0.2, 0) is 11.4 Å². The second kappa shape index (κ2) is 7.29. The van der Waals surface area contributed by atoms with Crippen molar-refractivity contribution in [2.75, 3.05) is 5.32 Å². The largest absolute Gasteiger partial charge is 0.489 e. The van der Waals surface area contributed by atoms with Crippen molar-refractivity contribution in [1.82, 2.24) is 19.8 Å². The van der Waals surface area contributed by atoms with Gasteiger partial charge < -0.3 is 9.26 Å². The van der Waals surface area contributed by atoms with E-state index in [2.05, 4.69) is 20.6 Å². The van der Waals surface area contributed by atoms with Gasteiger partial charge in [0.05, 0.1) is 17.0 Å². The number of nitrogens with one attached hydrogen (secondary N) is 1. The fourth-order valence-corrected chi connectivity index (χ4v) is 3.32. The molecule has 1 N–H and O–H groups in total. The minimum absolute atomic E-state index is 0.00717. The molecule has 8 heteroatoms. The number of pyridine rings is 1. The van der Waals surface area contributed by atoms with Gasteiger partial charge in [-0.25, -0.2) is 4.52 Å². The molecule has 3 aromatic heterocycles. The van der Waals surface area contributed by atoms with E-state index in [4.69, 9.17) is 9.26 Å². The van der Waals surface area contributed by atoms with Gasteiger partial charge in [0.15, 0.2) is 5.65 Å². The van der Waals surface area contributed by atoms with Crippen LogP contribution in [0.5, 0.6) is 5.75 Å². The van der Waals surface area contributed by atoms with Crippen LogP contribution in [0.2, 0.25) is 0 Å². The Kier molecular flexibility index (Phi) is 4.46. The number of amides is 1. The fraction of sp³-hybridized carbons (Fsp3) is 0.273. The van der Waals surface area contributed by atoms with Crippen molar-refractivity contribution in [2.24, 2.45) is 5.92 Å². The van der Waals surface area contributed by atoms with Crippen molar-refractivity contribution in [2.45, 2.75) is 33.3 Å². The molecule has 0 atom stereocenters. The summed E-state index contributed by atoms with van der Waals surface area (Å²) in [5, 5.41) is 11.2. The summed E-state index contributed by atoms with van der Waals surface area (Å²) in [6.45, 7) is 4.18. The van der Waals surface area contributed by atoms with E-state index in [1.807, 2.05) is 56.3 Å². The van der Waals surface area contributed by atoms with Gasteiger partial charge in [-0.05, 0) is 63.1 Å². The van der Waals surface area contributed by atoms with Gasteiger partial charge in [-0.1, -0.05) is 11.2 Å². The Bertz CT molecular complexity index is 1200. The molecule has 0 spiro atoms. The van der Waals surface area contributed by atoms with Gasteiger partial charge in [0.25, 0.3) is 0 Å². The Morgan fingerprint density at radius 2 is 2.00 bits per heavy atom. The zero-order chi connectivity index (χ0) is 20.7. The van der Waals surface area contributed by atoms with E-state index in [-0.39, 0.29) is 11.8 Å². The van der Waals surface area contributed by atoms with Crippen molar-refractivity contribution in [3.8, 4) is 17.0 Å². The smallest absolute Gasteiger partial charge is 0.249 e. The maximum absolute atomic E-state index is 12.0. The molecule has 0 aliphatic heterocycles. The van der Waals surface area contributed by atoms with E-state index < -0.39 is 0 Å². The molecule has 0 unspecified atom stereocenters. The number of aryl methyl sites for hydroxylation is 2. The molecule has 4 aromatic rings. The molecular weight excluding hydrogens is 382 g/mol. The topological polar surface area (TPSA) is 94.5 Å². The number of benzene rings is 1. The van der Waals surface area contributed by atoms with Crippen LogP contribution in [0, 0.1) is 19.8 Å². The Labute approximate surface area is 172 Å². The Morgan fingerprint density at radius 3 is 2.70 bits per heavy atom. The van der Waals surface area contributed by atoms with Gasteiger partial charge in [-0.15, -0.1) is 5.10 Å². The minimum atomic E-state index is -0.00717. The van der Waals surface area contributed by atoms with E-state index >= 15 is 0 Å². The number of hydrogen-bond donors (Lipinski definition) is 1. The van der Waals surface area contributed by atoms with Crippen molar-refractivity contribution in [1.29, 1.82) is 0 Å². The predicted octanol–water partition coefficient (Wildman–Crippen LogP) is 3.93. The van der Waals surface area contributed by atoms with Gasteiger partial charge in [0, 0.05) is 11.5 Å². The standard InChI is InChI=1S/C22H21N5O3/c1-13-18(14(2)30-26-13)12-29-17-10-8-15(9-11-17)19-4-3-5-20-23-22(25-27(19)20)24-21(28)16-6-7-16/h3-5,8-11,16H,6-7,12H2,1-2H3,(H,24,25,28). The molecule has 1 aliphatic rings. The summed E-state index contributed by atoms with van der Waals surface area (Å²) in [6.07, 6.45) is 1.88. The summed E-state index contributed by atoms with van der Waals surface area (Å²) in [6, 6.07) is 13.5. The zero-order valence-corrected chi connectivity index (χ0v) is 16.8. The zero-order valence-electron chi connectivity index (χ0n) is 16.8. The summed E-state index contributed by atoms with van der Waals surface area (Å²) < 4.78 is 12.8. The summed E-state index contributed by atoms with van der Waals surface area (Å²) in [5.74, 6) is 1.95. The average molecular weight is 403 g/mol. The number of anilines is 1. The number of aromatic nitrogens is 4. The number of hydrogen-bond acceptors (Lipinski definition) is 6. The minimum Gasteiger partial charge on any atom is -0.489 e. The number of rotatable bonds is 6. The Balaban J connectivity index is 1.35. The van der Waals surface area contributed by atoms with Crippen LogP contribution >= 0.6 is 0 Å². The molecule has 5 rings (SSSR count). The summed E-state index contributed by atoms with van der Waals surface area (Å²) in [4.78, 5) is 16.4. The molecule has 1 fully saturated rings. The lowest BCUT2D eigenvalue weighted by molar-refractivity contribution is -0.117. The maximum atomic E-state index is 12.0. The van der Waals surface area contributed by atoms with Crippen molar-refractivity contribution in [3.63, 3.8) is 0 Å². The lowest BCUT2D eigenvalue weighted by Crippen LogP contribution is -2.14. The normalized spacial score (nSPS) is 13.5. The number of ether oxygens (including phenoxy) is 1. The Morgan fingerprint density at radius 1 is 1.20 bits per heavy atom. The van der Waals surface area contributed by atoms with Crippen LogP contribution in [0.4, 0.5) is 5.95 Å². The van der Waals surface area contributed by atoms with E-state index in [0.717, 1.165) is 46.9 Å². The molecular formula is C22H21N5O3. The highest BCUT2D eigenvalue weighted by Gasteiger charge is 2.30. The van der Waals surface area contributed by atoms with Gasteiger partial charge in [0.2, 0.25) is 11.9 Å². The molecule has 0 bridgehead atoms. The van der Waals surface area contributed by atoms with Crippen molar-refractivity contribution >= 4 is 17.5 Å². The molecule has 1 aromatic carbocycles. The van der Waals surface area contributed by atoms with E-state index in [1.165, 1.54) is 0 Å². The van der Waals surface area contributed by atoms with Gasteiger partial charge in [-0.2, -0.15) is 4.98 Å². The average Bonchev–Trinajstić information content (AvgIpc) is 3.45. The number of fused-ring (bicyclic) bond motifs is 1. The highest BCUT2D eigenvalue weighted by atomic mass is 16.5. The first-order chi connectivity index (χ1) is 14.6. The number of nitrogens with zero attached hydrogens (tertiary/aromatic N) is 4. The first kappa shape index (κ1) is 18.4. The molecule has 1 amide bonds. The van der Waals surface area contributed by atoms with Crippen LogP contribution in [0.25, 0.3) is 16.9 Å². The van der Waals surface area contributed by atoms with Crippen LogP contribution in [0.3, 0.4) is 0 Å². The lowest BCUT2D eigenvalue weighted by atomic mass is 10.1. The van der Waals surface area contributed by atoms with Crippen molar-refractivity contribution in [3.05, 3.63) is 59.5 Å². The second-order valence-electron chi connectivity index (χ2n) is 7.50. The van der Waals surface area contributed by atoms with Crippen LogP contribution in [-0.4, -0.2) is 25.7 Å². The number of carbonyl (C=O) groups excluding carboxylic acids is 1. The van der Waals surface area contributed by atoms with E-state index in [9.17, 15) is 4.79 Å². The molecule has 8 nitrogen and oxygen atoms in total. The molecule has 3 heterocycles. The second-order valence-corrected chi connectivity index (χ2v) is 7.50. The third-order valence-electron chi connectivity index (χ3n) is 5.26. The highest BCUT2D eigenvalue weighted by molar-refractivity contribution is 5.92. The maximum Gasteiger partial charge on any atom is 0.249 e. The third kappa shape index (κ3) is 3.52. The SMILES string of the molecule is Cc1noc(C)c1COc1ccc(-c2cccc3nc(NC(=O)C4CC4)nn23)cc1. The van der Waals surface area contributed by atoms with Gasteiger partial charge in [0.1, 0.15) is 18.1 Å². The third-order valence-corrected chi connectivity index (χ3v) is 5.26. The van der Waals surface area contributed by atoms with Gasteiger partial charge in [-0.3, -0.25) is 10.1 Å². The molecule has 0 saturated heterocycles. The molecule has 30 heavy (non-hydrogen) atoms. The summed E-state index contributed by atoms with van der Waals surface area (Å²) in [7, 11) is 0. The molecule has 1 saturated carbocycles. The lowest BCUT2D eigenvalue weighted by Gasteiger charge is -2.08. The highest BCUT2D eigenvalue weighted by Crippen LogP contribution is 2.30. The molecule has 1 aliphatic carbocycles. The fourth-order valence-electron chi connectivity index (χ4n) is 3.32. The van der Waals surface area contributed by atoms with E-state index in [1.54, 1.807) is 4.52 Å². The quantitative estimate of drug-likeness (QED) is 0.524. The molecule has 0 radical (unpaired) electrons. The van der Waals surface area contributed by atoms with Crippen LogP contribution in [0.15, 0.2) is 47.0 Å². The first-order valence-electron chi connectivity index (χ1n) is 9.90.